The van der Waals surface area contributed by atoms with Crippen LogP contribution in [0.1, 0.15) is 73.4 Å². The van der Waals surface area contributed by atoms with E-state index < -0.39 is 27.7 Å². The van der Waals surface area contributed by atoms with Gasteiger partial charge in [0.1, 0.15) is 0 Å². The van der Waals surface area contributed by atoms with Crippen molar-refractivity contribution in [3.63, 3.8) is 0 Å². The largest absolute Gasteiger partial charge is 0.334 e. The Morgan fingerprint density at radius 1 is 0.857 bits per heavy atom. The molecule has 0 spiro atoms. The lowest BCUT2D eigenvalue weighted by Gasteiger charge is -2.29. The third-order valence-electron chi connectivity index (χ3n) is 10.1. The van der Waals surface area contributed by atoms with Gasteiger partial charge in [-0.05, 0) is 96.6 Å². The van der Waals surface area contributed by atoms with Crippen LogP contribution in [0.3, 0.4) is 0 Å². The van der Waals surface area contributed by atoms with E-state index in [1.54, 1.807) is 41.0 Å². The number of aryl methyl sites for hydroxylation is 1. The molecule has 3 amide bonds. The number of nitrogens with one attached hydrogen (secondary N) is 1. The molecule has 0 bridgehead atoms. The molecule has 1 aliphatic rings. The third-order valence-corrected chi connectivity index (χ3v) is 12.3. The zero-order valence-electron chi connectivity index (χ0n) is 31.1. The van der Waals surface area contributed by atoms with Crippen molar-refractivity contribution in [2.24, 2.45) is 0 Å². The summed E-state index contributed by atoms with van der Waals surface area (Å²) in [6.45, 7) is 6.73. The van der Waals surface area contributed by atoms with Gasteiger partial charge in [0.05, 0.1) is 26.9 Å². The number of hydrogen-bond acceptors (Lipinski definition) is 6. The molecule has 1 aromatic heterocycles. The van der Waals surface area contributed by atoms with E-state index in [-0.39, 0.29) is 32.4 Å². The lowest BCUT2D eigenvalue weighted by atomic mass is 9.98. The van der Waals surface area contributed by atoms with Crippen LogP contribution < -0.4 is 9.62 Å². The maximum Gasteiger partial charge on any atom is 0.280 e. The minimum atomic E-state index is -4.29. The lowest BCUT2D eigenvalue weighted by Crippen LogP contribution is -2.37. The average Bonchev–Trinajstić information content (AvgIpc) is 3.50. The van der Waals surface area contributed by atoms with Crippen LogP contribution in [-0.2, 0) is 23.0 Å². The molecule has 0 unspecified atom stereocenters. The number of unbranched alkanes of at least 4 members (excludes halogenated alkanes) is 1. The number of sulfonamides is 1. The van der Waals surface area contributed by atoms with E-state index in [2.05, 4.69) is 9.82 Å². The minimum Gasteiger partial charge on any atom is -0.334 e. The van der Waals surface area contributed by atoms with E-state index in [1.807, 2.05) is 62.4 Å². The first-order valence-corrected chi connectivity index (χ1v) is 20.5. The van der Waals surface area contributed by atoms with Gasteiger partial charge in [-0.15, -0.1) is 0 Å². The first kappa shape index (κ1) is 38.8. The first-order valence-electron chi connectivity index (χ1n) is 18.3. The van der Waals surface area contributed by atoms with Crippen molar-refractivity contribution < 1.29 is 22.8 Å². The predicted octanol–water partition coefficient (Wildman–Crippen LogP) is 8.71. The Labute approximate surface area is 335 Å². The highest BCUT2D eigenvalue weighted by atomic mass is 35.5. The van der Waals surface area contributed by atoms with Gasteiger partial charge in [0, 0.05) is 35.9 Å². The summed E-state index contributed by atoms with van der Waals surface area (Å²) in [6, 6.07) is 29.5. The highest BCUT2D eigenvalue weighted by Gasteiger charge is 2.30. The number of halogens is 2. The van der Waals surface area contributed by atoms with E-state index in [4.69, 9.17) is 23.2 Å². The van der Waals surface area contributed by atoms with Crippen LogP contribution in [0.25, 0.3) is 16.5 Å². The Hall–Kier alpha value is -5.49. The molecule has 0 saturated heterocycles. The maximum absolute atomic E-state index is 14.5. The molecule has 0 atom stereocenters. The second-order valence-corrected chi connectivity index (χ2v) is 16.3. The van der Waals surface area contributed by atoms with Crippen molar-refractivity contribution in [2.45, 2.75) is 51.5 Å². The standard InChI is InChI=1S/C43H39Cl2N5O5S/c1-4-5-21-49(34-17-14-27(2)37(44)25-34)43(53)40-39(45)28(3)50(46-40)38-19-16-32(24-36(38)42(52)48-22-20-30-11-7-9-13-33(30)26-48)41(51)47-56(54,55)35-18-15-29-10-6-8-12-31(29)23-35/h6-19,23-25H,4-5,20-22,26H2,1-3H3,(H,47,51). The van der Waals surface area contributed by atoms with Crippen molar-refractivity contribution in [3.8, 4) is 5.69 Å². The zero-order chi connectivity index (χ0) is 39.7. The summed E-state index contributed by atoms with van der Waals surface area (Å²) in [5.74, 6) is -1.77. The van der Waals surface area contributed by atoms with Crippen molar-refractivity contribution in [3.05, 3.63) is 152 Å². The SMILES string of the molecule is CCCCN(C(=O)c1nn(-c2ccc(C(=O)NS(=O)(=O)c3ccc4ccccc4c3)cc2C(=O)N2CCc3ccccc3C2)c(C)c1Cl)c1ccc(C)c(Cl)c1. The Balaban J connectivity index is 1.27. The molecule has 10 nitrogen and oxygen atoms in total. The number of aromatic nitrogens is 2. The van der Waals surface area contributed by atoms with Gasteiger partial charge in [-0.25, -0.2) is 17.8 Å². The molecule has 6 aromatic rings. The van der Waals surface area contributed by atoms with Crippen LogP contribution >= 0.6 is 23.2 Å². The van der Waals surface area contributed by atoms with Gasteiger partial charge in [-0.3, -0.25) is 14.4 Å². The van der Waals surface area contributed by atoms with Crippen molar-refractivity contribution in [1.29, 1.82) is 0 Å². The van der Waals surface area contributed by atoms with Crippen LogP contribution in [-0.4, -0.2) is 53.9 Å². The molecule has 0 fully saturated rings. The summed E-state index contributed by atoms with van der Waals surface area (Å²) in [7, 11) is -4.29. The van der Waals surface area contributed by atoms with Crippen LogP contribution in [0.4, 0.5) is 5.69 Å². The summed E-state index contributed by atoms with van der Waals surface area (Å²) in [4.78, 5) is 45.7. The molecule has 1 aliphatic heterocycles. The van der Waals surface area contributed by atoms with Gasteiger partial charge in [0.25, 0.3) is 27.7 Å². The monoisotopic (exact) mass is 807 g/mol. The van der Waals surface area contributed by atoms with Crippen LogP contribution in [0.15, 0.2) is 108 Å². The molecular weight excluding hydrogens is 769 g/mol. The molecule has 2 heterocycles. The molecule has 0 saturated carbocycles. The summed E-state index contributed by atoms with van der Waals surface area (Å²) < 4.78 is 30.5. The molecule has 1 N–H and O–H groups in total. The van der Waals surface area contributed by atoms with Crippen molar-refractivity contribution >= 4 is 67.4 Å². The van der Waals surface area contributed by atoms with Crippen LogP contribution in [0.2, 0.25) is 10.0 Å². The summed E-state index contributed by atoms with van der Waals surface area (Å²) in [6.07, 6.45) is 2.18. The fraction of sp³-hybridized carbons (Fsp3) is 0.209. The van der Waals surface area contributed by atoms with Crippen LogP contribution in [0, 0.1) is 13.8 Å². The van der Waals surface area contributed by atoms with Gasteiger partial charge in [0.15, 0.2) is 5.69 Å². The number of rotatable bonds is 10. The zero-order valence-corrected chi connectivity index (χ0v) is 33.4. The van der Waals surface area contributed by atoms with E-state index >= 15 is 0 Å². The van der Waals surface area contributed by atoms with Gasteiger partial charge in [-0.2, -0.15) is 5.10 Å². The topological polar surface area (TPSA) is 122 Å². The minimum absolute atomic E-state index is 0.0226. The number of benzene rings is 5. The Morgan fingerprint density at radius 3 is 2.34 bits per heavy atom. The molecule has 286 valence electrons. The Bertz CT molecular complexity index is 2640. The molecule has 13 heteroatoms. The normalized spacial score (nSPS) is 12.7. The van der Waals surface area contributed by atoms with Crippen molar-refractivity contribution in [1.82, 2.24) is 19.4 Å². The van der Waals surface area contributed by atoms with Gasteiger partial charge in [0.2, 0.25) is 0 Å². The molecule has 0 aliphatic carbocycles. The second kappa shape index (κ2) is 15.9. The van der Waals surface area contributed by atoms with Gasteiger partial charge in [-0.1, -0.05) is 97.2 Å². The number of carbonyl (C=O) groups excluding carboxylic acids is 3. The fourth-order valence-electron chi connectivity index (χ4n) is 6.84. The maximum atomic E-state index is 14.5. The third kappa shape index (κ3) is 7.67. The van der Waals surface area contributed by atoms with Gasteiger partial charge >= 0.3 is 0 Å². The molecule has 5 aromatic carbocycles. The Kier molecular flexibility index (Phi) is 11.0. The van der Waals surface area contributed by atoms with E-state index in [0.717, 1.165) is 28.5 Å². The molecular formula is C43H39Cl2N5O5S. The quantitative estimate of drug-likeness (QED) is 0.148. The van der Waals surface area contributed by atoms with Crippen molar-refractivity contribution in [2.75, 3.05) is 18.0 Å². The van der Waals surface area contributed by atoms with Gasteiger partial charge < -0.3 is 9.80 Å². The lowest BCUT2D eigenvalue weighted by molar-refractivity contribution is 0.0734. The number of fused-ring (bicyclic) bond motifs is 2. The first-order chi connectivity index (χ1) is 26.9. The molecule has 56 heavy (non-hydrogen) atoms. The van der Waals surface area contributed by atoms with Crippen LogP contribution in [0.5, 0.6) is 0 Å². The van der Waals surface area contributed by atoms with E-state index in [9.17, 15) is 22.8 Å². The smallest absolute Gasteiger partial charge is 0.280 e. The number of amides is 3. The average molecular weight is 809 g/mol. The number of hydrogen-bond donors (Lipinski definition) is 1. The highest BCUT2D eigenvalue weighted by molar-refractivity contribution is 7.90. The summed E-state index contributed by atoms with van der Waals surface area (Å²) >= 11 is 13.3. The second-order valence-electron chi connectivity index (χ2n) is 13.8. The Morgan fingerprint density at radius 2 is 1.59 bits per heavy atom. The fourth-order valence-corrected chi connectivity index (χ4v) is 8.23. The number of anilines is 1. The molecule has 0 radical (unpaired) electrons. The predicted molar refractivity (Wildman–Crippen MR) is 220 cm³/mol. The number of carbonyl (C=O) groups is 3. The summed E-state index contributed by atoms with van der Waals surface area (Å²) in [5, 5.41) is 6.86. The van der Waals surface area contributed by atoms with E-state index in [0.29, 0.717) is 54.3 Å². The molecule has 7 rings (SSSR count). The number of nitrogens with zero attached hydrogens (tertiary/aromatic N) is 4. The highest BCUT2D eigenvalue weighted by Crippen LogP contribution is 2.31. The summed E-state index contributed by atoms with van der Waals surface area (Å²) in [5.41, 5.74) is 4.25. The van der Waals surface area contributed by atoms with E-state index in [1.165, 1.54) is 35.0 Å².